The van der Waals surface area contributed by atoms with Gasteiger partial charge in [0.1, 0.15) is 0 Å². The van der Waals surface area contributed by atoms with E-state index in [1.807, 2.05) is 30.3 Å². The number of hydrogen-bond acceptors (Lipinski definition) is 2. The average Bonchev–Trinajstić information content (AvgIpc) is 2.41. The molecule has 0 saturated heterocycles. The summed E-state index contributed by atoms with van der Waals surface area (Å²) < 4.78 is 0.986. The zero-order chi connectivity index (χ0) is 13.1. The van der Waals surface area contributed by atoms with Crippen molar-refractivity contribution in [3.63, 3.8) is 0 Å². The van der Waals surface area contributed by atoms with E-state index >= 15 is 0 Å². The highest BCUT2D eigenvalue weighted by Gasteiger charge is 2.19. The maximum Gasteiger partial charge on any atom is 0.0410 e. The van der Waals surface area contributed by atoms with Crippen LogP contribution < -0.4 is 5.73 Å². The molecule has 0 spiro atoms. The summed E-state index contributed by atoms with van der Waals surface area (Å²) >= 11 is 9.55. The van der Waals surface area contributed by atoms with Crippen molar-refractivity contribution in [3.05, 3.63) is 63.3 Å². The highest BCUT2D eigenvalue weighted by atomic mass is 79.9. The number of nitrogens with zero attached hydrogens (tertiary/aromatic N) is 1. The second-order valence-corrected chi connectivity index (χ2v) is 5.55. The van der Waals surface area contributed by atoms with Crippen molar-refractivity contribution in [2.75, 3.05) is 0 Å². The van der Waals surface area contributed by atoms with Gasteiger partial charge >= 0.3 is 0 Å². The fourth-order valence-electron chi connectivity index (χ4n) is 1.91. The lowest BCUT2D eigenvalue weighted by Crippen LogP contribution is -2.18. The molecule has 1 aromatic carbocycles. The largest absolute Gasteiger partial charge is 0.323 e. The van der Waals surface area contributed by atoms with E-state index in [0.29, 0.717) is 5.02 Å². The Morgan fingerprint density at radius 1 is 1.22 bits per heavy atom. The van der Waals surface area contributed by atoms with Crippen LogP contribution in [0, 0.1) is 0 Å². The Balaban J connectivity index is 2.31. The molecule has 2 aromatic rings. The van der Waals surface area contributed by atoms with Crippen LogP contribution in [0.4, 0.5) is 0 Å². The minimum Gasteiger partial charge on any atom is -0.323 e. The Hall–Kier alpha value is -0.900. The van der Waals surface area contributed by atoms with E-state index in [2.05, 4.69) is 27.8 Å². The lowest BCUT2D eigenvalue weighted by Gasteiger charge is -2.22. The van der Waals surface area contributed by atoms with Crippen LogP contribution in [-0.4, -0.2) is 4.98 Å². The molecule has 0 aliphatic carbocycles. The number of halogens is 2. The summed E-state index contributed by atoms with van der Waals surface area (Å²) in [6.07, 6.45) is 3.57. The summed E-state index contributed by atoms with van der Waals surface area (Å²) in [6.45, 7) is 2.10. The molecule has 18 heavy (non-hydrogen) atoms. The van der Waals surface area contributed by atoms with Crippen LogP contribution in [0.15, 0.2) is 47.2 Å². The van der Waals surface area contributed by atoms with Gasteiger partial charge in [-0.25, -0.2) is 0 Å². The van der Waals surface area contributed by atoms with Crippen molar-refractivity contribution in [2.45, 2.75) is 18.9 Å². The van der Waals surface area contributed by atoms with Gasteiger partial charge in [0.25, 0.3) is 0 Å². The molecular weight excluding hydrogens is 312 g/mol. The number of nitrogens with two attached hydrogens (primary N) is 1. The van der Waals surface area contributed by atoms with Crippen LogP contribution in [0.5, 0.6) is 0 Å². The lowest BCUT2D eigenvalue weighted by atomic mass is 9.90. The molecular formula is C14H14BrClN2. The minimum atomic E-state index is -0.111. The Kier molecular flexibility index (Phi) is 4.38. The van der Waals surface area contributed by atoms with E-state index in [9.17, 15) is 0 Å². The quantitative estimate of drug-likeness (QED) is 0.913. The van der Waals surface area contributed by atoms with E-state index in [-0.39, 0.29) is 12.0 Å². The standard InChI is InChI=1S/C14H14BrClN2/c1-9(10-4-6-18-7-5-10)14(17)12-8-11(16)2-3-13(12)15/h2-9,14H,17H2,1H3. The van der Waals surface area contributed by atoms with E-state index in [4.69, 9.17) is 17.3 Å². The van der Waals surface area contributed by atoms with Crippen LogP contribution in [0.25, 0.3) is 0 Å². The van der Waals surface area contributed by atoms with Gasteiger partial charge in [-0.05, 0) is 41.5 Å². The molecule has 0 bridgehead atoms. The first-order valence-corrected chi connectivity index (χ1v) is 6.87. The second-order valence-electron chi connectivity index (χ2n) is 4.26. The Labute approximate surface area is 120 Å². The van der Waals surface area contributed by atoms with E-state index in [1.54, 1.807) is 12.4 Å². The third kappa shape index (κ3) is 2.91. The molecule has 0 fully saturated rings. The third-order valence-corrected chi connectivity index (χ3v) is 4.04. The van der Waals surface area contributed by atoms with Gasteiger partial charge in [0.2, 0.25) is 0 Å². The predicted molar refractivity (Wildman–Crippen MR) is 78.7 cm³/mol. The molecule has 0 amide bonds. The SMILES string of the molecule is CC(c1ccncc1)C(N)c1cc(Cl)ccc1Br. The summed E-state index contributed by atoms with van der Waals surface area (Å²) in [4.78, 5) is 4.02. The smallest absolute Gasteiger partial charge is 0.0410 e. The topological polar surface area (TPSA) is 38.9 Å². The Morgan fingerprint density at radius 2 is 1.89 bits per heavy atom. The highest BCUT2D eigenvalue weighted by Crippen LogP contribution is 2.33. The first-order chi connectivity index (χ1) is 8.59. The van der Waals surface area contributed by atoms with Crippen LogP contribution in [0.1, 0.15) is 30.0 Å². The van der Waals surface area contributed by atoms with Gasteiger partial charge in [-0.2, -0.15) is 0 Å². The van der Waals surface area contributed by atoms with Crippen LogP contribution in [0.2, 0.25) is 5.02 Å². The van der Waals surface area contributed by atoms with Gasteiger partial charge in [0, 0.05) is 33.8 Å². The number of aromatic nitrogens is 1. The number of rotatable bonds is 3. The van der Waals surface area contributed by atoms with E-state index < -0.39 is 0 Å². The maximum absolute atomic E-state index is 6.33. The van der Waals surface area contributed by atoms with E-state index in [1.165, 1.54) is 5.56 Å². The molecule has 0 aliphatic heterocycles. The van der Waals surface area contributed by atoms with Crippen molar-refractivity contribution >= 4 is 27.5 Å². The summed E-state index contributed by atoms with van der Waals surface area (Å²) in [7, 11) is 0. The molecule has 0 saturated carbocycles. The van der Waals surface area contributed by atoms with Crippen LogP contribution in [0.3, 0.4) is 0 Å². The van der Waals surface area contributed by atoms with Crippen LogP contribution >= 0.6 is 27.5 Å². The van der Waals surface area contributed by atoms with Crippen LogP contribution in [-0.2, 0) is 0 Å². The Morgan fingerprint density at radius 3 is 2.56 bits per heavy atom. The third-order valence-electron chi connectivity index (χ3n) is 3.09. The predicted octanol–water partition coefficient (Wildman–Crippen LogP) is 4.30. The average molecular weight is 326 g/mol. The van der Waals surface area contributed by atoms with Crippen molar-refractivity contribution in [2.24, 2.45) is 5.73 Å². The second kappa shape index (κ2) is 5.83. The van der Waals surface area contributed by atoms with Crippen molar-refractivity contribution < 1.29 is 0 Å². The molecule has 1 heterocycles. The summed E-state index contributed by atoms with van der Waals surface area (Å²) in [5, 5.41) is 0.700. The number of benzene rings is 1. The fraction of sp³-hybridized carbons (Fsp3) is 0.214. The summed E-state index contributed by atoms with van der Waals surface area (Å²) in [6, 6.07) is 9.55. The molecule has 0 radical (unpaired) electrons. The van der Waals surface area contributed by atoms with Gasteiger partial charge in [-0.15, -0.1) is 0 Å². The molecule has 0 aliphatic rings. The van der Waals surface area contributed by atoms with E-state index in [0.717, 1.165) is 10.0 Å². The maximum atomic E-state index is 6.33. The first kappa shape index (κ1) is 13.5. The zero-order valence-electron chi connectivity index (χ0n) is 9.98. The molecule has 1 aromatic heterocycles. The van der Waals surface area contributed by atoms with Gasteiger partial charge in [0.15, 0.2) is 0 Å². The Bertz CT molecular complexity index is 531. The molecule has 2 unspecified atom stereocenters. The molecule has 4 heteroatoms. The molecule has 2 atom stereocenters. The highest BCUT2D eigenvalue weighted by molar-refractivity contribution is 9.10. The lowest BCUT2D eigenvalue weighted by molar-refractivity contribution is 0.595. The first-order valence-electron chi connectivity index (χ1n) is 5.70. The molecule has 2 N–H and O–H groups in total. The summed E-state index contributed by atoms with van der Waals surface area (Å²) in [5.41, 5.74) is 8.52. The normalized spacial score (nSPS) is 14.2. The monoisotopic (exact) mass is 324 g/mol. The van der Waals surface area contributed by atoms with Crippen molar-refractivity contribution in [1.29, 1.82) is 0 Å². The van der Waals surface area contributed by atoms with Crippen molar-refractivity contribution in [1.82, 2.24) is 4.98 Å². The summed E-state index contributed by atoms with van der Waals surface area (Å²) in [5.74, 6) is 0.197. The van der Waals surface area contributed by atoms with Gasteiger partial charge in [-0.3, -0.25) is 4.98 Å². The van der Waals surface area contributed by atoms with Gasteiger partial charge < -0.3 is 5.73 Å². The number of hydrogen-bond donors (Lipinski definition) is 1. The van der Waals surface area contributed by atoms with Gasteiger partial charge in [0.05, 0.1) is 0 Å². The molecule has 94 valence electrons. The minimum absolute atomic E-state index is 0.111. The zero-order valence-corrected chi connectivity index (χ0v) is 12.3. The fourth-order valence-corrected chi connectivity index (χ4v) is 2.61. The van der Waals surface area contributed by atoms with Gasteiger partial charge in [-0.1, -0.05) is 34.5 Å². The molecule has 2 rings (SSSR count). The number of pyridine rings is 1. The van der Waals surface area contributed by atoms with Crippen molar-refractivity contribution in [3.8, 4) is 0 Å². The molecule has 2 nitrogen and oxygen atoms in total.